The second kappa shape index (κ2) is 8.09. The highest BCUT2D eigenvalue weighted by Crippen LogP contribution is 2.34. The first kappa shape index (κ1) is 19.2. The van der Waals surface area contributed by atoms with Gasteiger partial charge in [-0.3, -0.25) is 4.99 Å². The lowest BCUT2D eigenvalue weighted by atomic mass is 10.1. The number of fused-ring (bicyclic) bond motifs is 1. The molecular weight excluding hydrogens is 432 g/mol. The van der Waals surface area contributed by atoms with Crippen LogP contribution in [0.5, 0.6) is 11.5 Å². The van der Waals surface area contributed by atoms with Crippen LogP contribution >= 0.6 is 15.9 Å². The Morgan fingerprint density at radius 2 is 2.00 bits per heavy atom. The normalized spacial score (nSPS) is 11.4. The largest absolute Gasteiger partial charge is 0.504 e. The number of hydrogen-bond acceptors (Lipinski definition) is 5. The van der Waals surface area contributed by atoms with Crippen LogP contribution in [0.25, 0.3) is 22.6 Å². The highest BCUT2D eigenvalue weighted by Gasteiger charge is 2.11. The molecule has 4 rings (SSSR count). The van der Waals surface area contributed by atoms with Gasteiger partial charge in [0, 0.05) is 21.8 Å². The first-order chi connectivity index (χ1) is 14.0. The molecule has 1 aromatic heterocycles. The number of nitrogens with zero attached hydrogens (tertiary/aromatic N) is 2. The zero-order chi connectivity index (χ0) is 20.4. The molecule has 1 heterocycles. The number of benzene rings is 3. The monoisotopic (exact) mass is 450 g/mol. The molecule has 3 aromatic carbocycles. The van der Waals surface area contributed by atoms with Crippen molar-refractivity contribution in [1.29, 1.82) is 0 Å². The molecule has 0 unspecified atom stereocenters. The van der Waals surface area contributed by atoms with Gasteiger partial charge < -0.3 is 14.3 Å². The standard InChI is InChI=1S/C23H19BrN2O3/c1-3-28-21-12-17(24)10-16(22(21)27)13-25-19-11-15(9-8-14(19)2)23-26-18-6-4-5-7-20(18)29-23/h4-13,27H,3H2,1-2H3. The Hall–Kier alpha value is -3.12. The van der Waals surface area contributed by atoms with Crippen molar-refractivity contribution in [3.05, 3.63) is 70.2 Å². The fourth-order valence-electron chi connectivity index (χ4n) is 2.97. The van der Waals surface area contributed by atoms with Gasteiger partial charge in [0.25, 0.3) is 0 Å². The van der Waals surface area contributed by atoms with Gasteiger partial charge in [-0.1, -0.05) is 34.1 Å². The number of rotatable bonds is 5. The van der Waals surface area contributed by atoms with Gasteiger partial charge in [0.1, 0.15) is 5.52 Å². The van der Waals surface area contributed by atoms with Crippen LogP contribution in [-0.2, 0) is 0 Å². The molecule has 0 radical (unpaired) electrons. The molecular formula is C23H19BrN2O3. The van der Waals surface area contributed by atoms with Crippen molar-refractivity contribution < 1.29 is 14.3 Å². The number of aromatic hydroxyl groups is 1. The highest BCUT2D eigenvalue weighted by molar-refractivity contribution is 9.10. The lowest BCUT2D eigenvalue weighted by Gasteiger charge is -2.09. The molecule has 6 heteroatoms. The third-order valence-electron chi connectivity index (χ3n) is 4.46. The number of hydrogen-bond donors (Lipinski definition) is 1. The average Bonchev–Trinajstić information content (AvgIpc) is 3.15. The van der Waals surface area contributed by atoms with E-state index in [0.29, 0.717) is 23.8 Å². The van der Waals surface area contributed by atoms with Crippen LogP contribution in [0.4, 0.5) is 5.69 Å². The van der Waals surface area contributed by atoms with Gasteiger partial charge in [0.2, 0.25) is 5.89 Å². The SMILES string of the molecule is CCOc1cc(Br)cc(C=Nc2cc(-c3nc4ccccc4o3)ccc2C)c1O. The fourth-order valence-corrected chi connectivity index (χ4v) is 3.43. The Labute approximate surface area is 176 Å². The molecule has 0 aliphatic carbocycles. The van der Waals surface area contributed by atoms with E-state index in [1.807, 2.05) is 56.3 Å². The summed E-state index contributed by atoms with van der Waals surface area (Å²) in [6.45, 7) is 4.32. The van der Waals surface area contributed by atoms with Crippen LogP contribution < -0.4 is 4.74 Å². The first-order valence-corrected chi connectivity index (χ1v) is 10.0. The predicted molar refractivity (Wildman–Crippen MR) is 118 cm³/mol. The minimum absolute atomic E-state index is 0.0616. The zero-order valence-corrected chi connectivity index (χ0v) is 17.6. The molecule has 1 N–H and O–H groups in total. The van der Waals surface area contributed by atoms with E-state index in [1.165, 1.54) is 0 Å². The van der Waals surface area contributed by atoms with Crippen molar-refractivity contribution in [2.45, 2.75) is 13.8 Å². The van der Waals surface area contributed by atoms with Crippen molar-refractivity contribution in [2.75, 3.05) is 6.61 Å². The molecule has 0 amide bonds. The first-order valence-electron chi connectivity index (χ1n) is 9.21. The molecule has 0 atom stereocenters. The van der Waals surface area contributed by atoms with Crippen LogP contribution in [0.1, 0.15) is 18.1 Å². The summed E-state index contributed by atoms with van der Waals surface area (Å²) in [5.74, 6) is 1.03. The van der Waals surface area contributed by atoms with Gasteiger partial charge in [-0.05, 0) is 55.8 Å². The van der Waals surface area contributed by atoms with Crippen molar-refractivity contribution in [1.82, 2.24) is 4.98 Å². The summed E-state index contributed by atoms with van der Waals surface area (Å²) in [4.78, 5) is 9.14. The number of aromatic nitrogens is 1. The Bertz CT molecular complexity index is 1180. The van der Waals surface area contributed by atoms with Crippen molar-refractivity contribution in [2.24, 2.45) is 4.99 Å². The number of aryl methyl sites for hydroxylation is 1. The molecule has 0 aliphatic heterocycles. The number of aliphatic imine (C=N–C) groups is 1. The highest BCUT2D eigenvalue weighted by atomic mass is 79.9. The Morgan fingerprint density at radius 1 is 1.17 bits per heavy atom. The van der Waals surface area contributed by atoms with E-state index >= 15 is 0 Å². The maximum atomic E-state index is 10.4. The van der Waals surface area contributed by atoms with Crippen LogP contribution in [0, 0.1) is 6.92 Å². The lowest BCUT2D eigenvalue weighted by molar-refractivity contribution is 0.317. The summed E-state index contributed by atoms with van der Waals surface area (Å²) in [5, 5.41) is 10.4. The van der Waals surface area contributed by atoms with E-state index in [-0.39, 0.29) is 5.75 Å². The number of phenols is 1. The quantitative estimate of drug-likeness (QED) is 0.356. The van der Waals surface area contributed by atoms with Crippen molar-refractivity contribution >= 4 is 38.9 Å². The topological polar surface area (TPSA) is 67.9 Å². The minimum Gasteiger partial charge on any atom is -0.504 e. The number of ether oxygens (including phenoxy) is 1. The maximum absolute atomic E-state index is 10.4. The molecule has 0 bridgehead atoms. The minimum atomic E-state index is 0.0616. The summed E-state index contributed by atoms with van der Waals surface area (Å²) in [7, 11) is 0. The zero-order valence-electron chi connectivity index (χ0n) is 16.0. The third-order valence-corrected chi connectivity index (χ3v) is 4.92. The fraction of sp³-hybridized carbons (Fsp3) is 0.130. The number of halogens is 1. The van der Waals surface area contributed by atoms with Gasteiger partial charge in [-0.2, -0.15) is 0 Å². The number of para-hydroxylation sites is 2. The van der Waals surface area contributed by atoms with Gasteiger partial charge >= 0.3 is 0 Å². The Kier molecular flexibility index (Phi) is 5.36. The van der Waals surface area contributed by atoms with Gasteiger partial charge in [0.05, 0.1) is 12.3 Å². The summed E-state index contributed by atoms with van der Waals surface area (Å²) in [6.07, 6.45) is 1.63. The van der Waals surface area contributed by atoms with Crippen LogP contribution in [0.3, 0.4) is 0 Å². The van der Waals surface area contributed by atoms with Crippen LogP contribution in [0.2, 0.25) is 0 Å². The summed E-state index contributed by atoms with van der Waals surface area (Å²) < 4.78 is 12.1. The van der Waals surface area contributed by atoms with E-state index in [2.05, 4.69) is 25.9 Å². The molecule has 0 aliphatic rings. The second-order valence-electron chi connectivity index (χ2n) is 6.52. The number of phenolic OH excluding ortho intramolecular Hbond substituents is 1. The third kappa shape index (κ3) is 4.03. The van der Waals surface area contributed by atoms with E-state index < -0.39 is 0 Å². The maximum Gasteiger partial charge on any atom is 0.227 e. The predicted octanol–water partition coefficient (Wildman–Crippen LogP) is 6.42. The van der Waals surface area contributed by atoms with Gasteiger partial charge in [0.15, 0.2) is 17.1 Å². The van der Waals surface area contributed by atoms with E-state index in [9.17, 15) is 5.11 Å². The Morgan fingerprint density at radius 3 is 2.79 bits per heavy atom. The Balaban J connectivity index is 1.70. The molecule has 0 spiro atoms. The van der Waals surface area contributed by atoms with Crippen molar-refractivity contribution in [3.63, 3.8) is 0 Å². The summed E-state index contributed by atoms with van der Waals surface area (Å²) in [6, 6.07) is 17.0. The summed E-state index contributed by atoms with van der Waals surface area (Å²) >= 11 is 3.44. The second-order valence-corrected chi connectivity index (χ2v) is 7.44. The smallest absolute Gasteiger partial charge is 0.227 e. The molecule has 5 nitrogen and oxygen atoms in total. The molecule has 0 saturated carbocycles. The molecule has 0 saturated heterocycles. The van der Waals surface area contributed by atoms with Crippen LogP contribution in [0.15, 0.2) is 68.5 Å². The molecule has 4 aromatic rings. The van der Waals surface area contributed by atoms with E-state index in [4.69, 9.17) is 9.15 Å². The van der Waals surface area contributed by atoms with E-state index in [1.54, 1.807) is 18.3 Å². The number of oxazole rings is 1. The molecule has 146 valence electrons. The van der Waals surface area contributed by atoms with E-state index in [0.717, 1.165) is 32.4 Å². The lowest BCUT2D eigenvalue weighted by Crippen LogP contribution is -1.94. The van der Waals surface area contributed by atoms with Crippen molar-refractivity contribution in [3.8, 4) is 23.0 Å². The molecule has 0 fully saturated rings. The van der Waals surface area contributed by atoms with Crippen LogP contribution in [-0.4, -0.2) is 22.9 Å². The summed E-state index contributed by atoms with van der Waals surface area (Å²) in [5.41, 5.74) is 4.73. The molecule has 29 heavy (non-hydrogen) atoms. The van der Waals surface area contributed by atoms with Gasteiger partial charge in [-0.25, -0.2) is 4.98 Å². The van der Waals surface area contributed by atoms with Gasteiger partial charge in [-0.15, -0.1) is 0 Å². The average molecular weight is 451 g/mol.